The van der Waals surface area contributed by atoms with Crippen molar-refractivity contribution in [3.63, 3.8) is 0 Å². The van der Waals surface area contributed by atoms with Crippen LogP contribution in [0.5, 0.6) is 11.5 Å². The smallest absolute Gasteiger partial charge is 0.190 e. The molecule has 0 radical (unpaired) electrons. The van der Waals surface area contributed by atoms with Gasteiger partial charge in [-0.05, 0) is 31.1 Å². The van der Waals surface area contributed by atoms with Crippen LogP contribution in [-0.2, 0) is 0 Å². The van der Waals surface area contributed by atoms with Crippen LogP contribution in [0.3, 0.4) is 0 Å². The van der Waals surface area contributed by atoms with Crippen molar-refractivity contribution >= 4 is 17.3 Å². The second-order valence-corrected chi connectivity index (χ2v) is 6.89. The average Bonchev–Trinajstić information content (AvgIpc) is 2.71. The molecule has 28 heavy (non-hydrogen) atoms. The Balaban J connectivity index is 2.25. The summed E-state index contributed by atoms with van der Waals surface area (Å²) in [6.45, 7) is 2.19. The van der Waals surface area contributed by atoms with Gasteiger partial charge in [0.2, 0.25) is 0 Å². The first-order valence-corrected chi connectivity index (χ1v) is 9.86. The van der Waals surface area contributed by atoms with Crippen LogP contribution in [0.4, 0.5) is 0 Å². The van der Waals surface area contributed by atoms with E-state index in [2.05, 4.69) is 12.1 Å². The first-order valence-electron chi connectivity index (χ1n) is 9.86. The average molecular weight is 387 g/mol. The topological polar surface area (TPSA) is 85.2 Å². The highest BCUT2D eigenvalue weighted by Crippen LogP contribution is 2.38. The molecule has 6 nitrogen and oxygen atoms in total. The highest BCUT2D eigenvalue weighted by atomic mass is 16.5. The third kappa shape index (κ3) is 4.80. The number of hydrogen-bond donors (Lipinski definition) is 1. The van der Waals surface area contributed by atoms with Gasteiger partial charge in [0.15, 0.2) is 11.6 Å². The van der Waals surface area contributed by atoms with Gasteiger partial charge in [0.1, 0.15) is 11.5 Å². The number of benzene rings is 1. The monoisotopic (exact) mass is 387 g/mol. The van der Waals surface area contributed by atoms with Crippen molar-refractivity contribution in [3.05, 3.63) is 34.9 Å². The highest BCUT2D eigenvalue weighted by molar-refractivity contribution is 6.25. The summed E-state index contributed by atoms with van der Waals surface area (Å²) in [5.41, 5.74) is 1.23. The Morgan fingerprint density at radius 1 is 0.929 bits per heavy atom. The van der Waals surface area contributed by atoms with E-state index in [1.165, 1.54) is 52.1 Å². The minimum absolute atomic E-state index is 0.157. The number of unbranched alkanes of at least 4 members (excludes halogenated alkanes) is 6. The lowest BCUT2D eigenvalue weighted by Gasteiger charge is -2.20. The minimum Gasteiger partial charge on any atom is -0.496 e. The van der Waals surface area contributed by atoms with Crippen LogP contribution < -0.4 is 9.47 Å². The lowest BCUT2D eigenvalue weighted by atomic mass is 9.88. The molecular formula is C22H29NO5. The molecule has 1 aliphatic carbocycles. The second kappa shape index (κ2) is 10.6. The second-order valence-electron chi connectivity index (χ2n) is 6.89. The number of fused-ring (bicyclic) bond motifs is 1. The number of methoxy groups -OCH3 is 2. The zero-order valence-electron chi connectivity index (χ0n) is 16.9. The van der Waals surface area contributed by atoms with E-state index in [1.54, 1.807) is 6.07 Å². The molecule has 2 rings (SSSR count). The molecule has 1 aromatic carbocycles. The summed E-state index contributed by atoms with van der Waals surface area (Å²) in [7, 11) is 2.87. The SMILES string of the molecule is CCCCCCCCC/C(=N/O)c1cc(OC)c2c(c1OC)C(=O)C=CC2=O. The molecule has 0 atom stereocenters. The molecule has 0 saturated heterocycles. The fourth-order valence-corrected chi connectivity index (χ4v) is 3.51. The molecule has 152 valence electrons. The quantitative estimate of drug-likeness (QED) is 0.251. The number of carbonyl (C=O) groups is 2. The molecule has 1 aliphatic rings. The minimum atomic E-state index is -0.334. The summed E-state index contributed by atoms with van der Waals surface area (Å²) in [6.07, 6.45) is 11.0. The van der Waals surface area contributed by atoms with Crippen molar-refractivity contribution in [1.82, 2.24) is 0 Å². The Morgan fingerprint density at radius 2 is 1.54 bits per heavy atom. The Bertz CT molecular complexity index is 780. The van der Waals surface area contributed by atoms with Crippen molar-refractivity contribution in [1.29, 1.82) is 0 Å². The third-order valence-corrected chi connectivity index (χ3v) is 5.00. The number of rotatable bonds is 11. The standard InChI is InChI=1S/C22H29NO5/c1-4-5-6-7-8-9-10-11-16(23-26)15-14-19(27-2)20-17(24)12-13-18(25)21(20)22(15)28-3/h12-14,26H,4-11H2,1-3H3/b23-16-. The van der Waals surface area contributed by atoms with Crippen LogP contribution in [0.1, 0.15) is 84.6 Å². The molecule has 0 aliphatic heterocycles. The lowest BCUT2D eigenvalue weighted by Crippen LogP contribution is -2.17. The lowest BCUT2D eigenvalue weighted by molar-refractivity contribution is 0.0989. The predicted octanol–water partition coefficient (Wildman–Crippen LogP) is 4.96. The van der Waals surface area contributed by atoms with E-state index in [0.717, 1.165) is 19.3 Å². The summed E-state index contributed by atoms with van der Waals surface area (Å²) < 4.78 is 10.8. The van der Waals surface area contributed by atoms with E-state index >= 15 is 0 Å². The molecule has 6 heteroatoms. The number of allylic oxidation sites excluding steroid dienone is 2. The van der Waals surface area contributed by atoms with Gasteiger partial charge in [-0.3, -0.25) is 9.59 Å². The van der Waals surface area contributed by atoms with Crippen LogP contribution in [0.2, 0.25) is 0 Å². The summed E-state index contributed by atoms with van der Waals surface area (Å²) >= 11 is 0. The molecule has 0 fully saturated rings. The van der Waals surface area contributed by atoms with Gasteiger partial charge in [0.25, 0.3) is 0 Å². The molecular weight excluding hydrogens is 358 g/mol. The fraction of sp³-hybridized carbons (Fsp3) is 0.500. The number of nitrogens with zero attached hydrogens (tertiary/aromatic N) is 1. The van der Waals surface area contributed by atoms with Gasteiger partial charge in [-0.1, -0.05) is 50.6 Å². The molecule has 0 saturated carbocycles. The molecule has 0 bridgehead atoms. The summed E-state index contributed by atoms with van der Waals surface area (Å²) in [4.78, 5) is 24.7. The van der Waals surface area contributed by atoms with Crippen LogP contribution in [-0.4, -0.2) is 36.7 Å². The number of hydrogen-bond acceptors (Lipinski definition) is 6. The molecule has 1 N–H and O–H groups in total. The van der Waals surface area contributed by atoms with Gasteiger partial charge >= 0.3 is 0 Å². The van der Waals surface area contributed by atoms with E-state index in [1.807, 2.05) is 0 Å². The van der Waals surface area contributed by atoms with E-state index in [-0.39, 0.29) is 34.2 Å². The number of carbonyl (C=O) groups excluding carboxylic acids is 2. The molecule has 0 unspecified atom stereocenters. The Kier molecular flexibility index (Phi) is 8.23. The maximum atomic E-state index is 12.5. The predicted molar refractivity (Wildman–Crippen MR) is 108 cm³/mol. The van der Waals surface area contributed by atoms with E-state index < -0.39 is 0 Å². The molecule has 0 amide bonds. The maximum Gasteiger partial charge on any atom is 0.190 e. The summed E-state index contributed by atoms with van der Waals surface area (Å²) in [5, 5.41) is 13.0. The van der Waals surface area contributed by atoms with Crippen molar-refractivity contribution in [3.8, 4) is 11.5 Å². The van der Waals surface area contributed by atoms with Crippen LogP contribution in [0, 0.1) is 0 Å². The normalized spacial score (nSPS) is 13.6. The zero-order valence-corrected chi connectivity index (χ0v) is 16.9. The van der Waals surface area contributed by atoms with Crippen molar-refractivity contribution < 1.29 is 24.3 Å². The Labute approximate surface area is 166 Å². The van der Waals surface area contributed by atoms with Gasteiger partial charge in [0.05, 0.1) is 31.1 Å². The van der Waals surface area contributed by atoms with Gasteiger partial charge < -0.3 is 14.7 Å². The first-order chi connectivity index (χ1) is 13.6. The highest BCUT2D eigenvalue weighted by Gasteiger charge is 2.31. The van der Waals surface area contributed by atoms with Gasteiger partial charge in [-0.2, -0.15) is 0 Å². The maximum absolute atomic E-state index is 12.5. The van der Waals surface area contributed by atoms with Crippen molar-refractivity contribution in [2.45, 2.75) is 58.3 Å². The molecule has 0 spiro atoms. The van der Waals surface area contributed by atoms with E-state index in [0.29, 0.717) is 17.7 Å². The fourth-order valence-electron chi connectivity index (χ4n) is 3.51. The van der Waals surface area contributed by atoms with Gasteiger partial charge in [-0.15, -0.1) is 0 Å². The molecule has 0 aromatic heterocycles. The number of oxime groups is 1. The Morgan fingerprint density at radius 3 is 2.11 bits per heavy atom. The van der Waals surface area contributed by atoms with Crippen molar-refractivity contribution in [2.24, 2.45) is 5.16 Å². The van der Waals surface area contributed by atoms with Crippen LogP contribution in [0.15, 0.2) is 23.4 Å². The molecule has 1 aromatic rings. The summed E-state index contributed by atoms with van der Waals surface area (Å²) in [6, 6.07) is 1.61. The largest absolute Gasteiger partial charge is 0.496 e. The number of ketones is 2. The number of ether oxygens (including phenoxy) is 2. The first kappa shape index (κ1) is 21.7. The van der Waals surface area contributed by atoms with E-state index in [9.17, 15) is 14.8 Å². The van der Waals surface area contributed by atoms with Crippen LogP contribution >= 0.6 is 0 Å². The van der Waals surface area contributed by atoms with Crippen LogP contribution in [0.25, 0.3) is 0 Å². The molecule has 0 heterocycles. The van der Waals surface area contributed by atoms with E-state index in [4.69, 9.17) is 9.47 Å². The Hall–Kier alpha value is -2.63. The zero-order chi connectivity index (χ0) is 20.5. The third-order valence-electron chi connectivity index (χ3n) is 5.00. The van der Waals surface area contributed by atoms with Crippen molar-refractivity contribution in [2.75, 3.05) is 14.2 Å². The van der Waals surface area contributed by atoms with Gasteiger partial charge in [0, 0.05) is 5.56 Å². The van der Waals surface area contributed by atoms with Gasteiger partial charge in [-0.25, -0.2) is 0 Å². The summed E-state index contributed by atoms with van der Waals surface area (Å²) in [5.74, 6) is -0.130.